The number of hydrogen-bond donors (Lipinski definition) is 0. The van der Waals surface area contributed by atoms with E-state index < -0.39 is 60.6 Å². The lowest BCUT2D eigenvalue weighted by atomic mass is 9.62. The van der Waals surface area contributed by atoms with Crippen molar-refractivity contribution >= 4 is 26.0 Å². The first kappa shape index (κ1) is 33.8. The van der Waals surface area contributed by atoms with Crippen LogP contribution in [0.25, 0.3) is 0 Å². The highest BCUT2D eigenvalue weighted by Crippen LogP contribution is 2.71. The third-order valence-electron chi connectivity index (χ3n) is 14.2. The molecular formula is C39H52O9Si. The monoisotopic (exact) mass is 692 g/mol. The molecule has 1 aromatic rings. The predicted octanol–water partition coefficient (Wildman–Crippen LogP) is 6.44. The zero-order valence-electron chi connectivity index (χ0n) is 30.0. The number of esters is 2. The van der Waals surface area contributed by atoms with Crippen LogP contribution >= 0.6 is 0 Å². The summed E-state index contributed by atoms with van der Waals surface area (Å²) in [5.41, 5.74) is -1.82. The average Bonchev–Trinajstić information content (AvgIpc) is 3.62. The van der Waals surface area contributed by atoms with Gasteiger partial charge in [0.1, 0.15) is 29.7 Å². The molecule has 0 amide bonds. The van der Waals surface area contributed by atoms with Gasteiger partial charge in [-0.2, -0.15) is 0 Å². The quantitative estimate of drug-likeness (QED) is 0.173. The summed E-state index contributed by atoms with van der Waals surface area (Å²) in [4.78, 5) is 41.9. The van der Waals surface area contributed by atoms with Gasteiger partial charge < -0.3 is 28.1 Å². The second-order valence-corrected chi connectivity index (χ2v) is 21.5. The van der Waals surface area contributed by atoms with Crippen LogP contribution in [0.4, 0.5) is 0 Å². The van der Waals surface area contributed by atoms with Crippen molar-refractivity contribution in [3.05, 3.63) is 47.5 Å². The van der Waals surface area contributed by atoms with Crippen LogP contribution in [0.5, 0.6) is 0 Å². The molecule has 0 N–H and O–H groups in total. The number of benzene rings is 1. The number of ether oxygens (including phenoxy) is 5. The first-order valence-electron chi connectivity index (χ1n) is 18.6. The molecule has 0 radical (unpaired) electrons. The number of ketones is 1. The number of carbonyl (C=O) groups excluding carboxylic acids is 3. The zero-order valence-corrected chi connectivity index (χ0v) is 31.0. The highest BCUT2D eigenvalue weighted by Gasteiger charge is 2.81. The Kier molecular flexibility index (Phi) is 7.62. The molecule has 49 heavy (non-hydrogen) atoms. The molecule has 5 aliphatic heterocycles. The fraction of sp³-hybridized carbons (Fsp3) is 0.718. The van der Waals surface area contributed by atoms with Gasteiger partial charge in [-0.25, -0.2) is 4.79 Å². The van der Waals surface area contributed by atoms with Crippen molar-refractivity contribution in [3.8, 4) is 0 Å². The van der Waals surface area contributed by atoms with Gasteiger partial charge in [0.15, 0.2) is 13.9 Å². The van der Waals surface area contributed by atoms with E-state index in [-0.39, 0.29) is 48.3 Å². The summed E-state index contributed by atoms with van der Waals surface area (Å²) in [5, 5.41) is 0. The second-order valence-electron chi connectivity index (χ2n) is 16.8. The third-order valence-corrected chi connectivity index (χ3v) is 18.8. The van der Waals surface area contributed by atoms with E-state index in [0.29, 0.717) is 25.9 Å². The van der Waals surface area contributed by atoms with Gasteiger partial charge in [0, 0.05) is 35.5 Å². The van der Waals surface area contributed by atoms with Crippen molar-refractivity contribution in [1.82, 2.24) is 0 Å². The Labute approximate surface area is 290 Å². The smallest absolute Gasteiger partial charge is 0.338 e. The molecule has 10 heteroatoms. The number of Topliss-reactive ketones (excluding diaryl/α,β-unsaturated/α-hetero) is 1. The molecular weight excluding hydrogens is 641 g/mol. The molecule has 0 unspecified atom stereocenters. The summed E-state index contributed by atoms with van der Waals surface area (Å²) in [6.45, 7) is 14.9. The fourth-order valence-corrected chi connectivity index (χ4v) is 14.6. The van der Waals surface area contributed by atoms with Crippen LogP contribution in [-0.4, -0.2) is 66.9 Å². The van der Waals surface area contributed by atoms with Gasteiger partial charge in [-0.3, -0.25) is 9.59 Å². The highest BCUT2D eigenvalue weighted by molar-refractivity contribution is 6.73. The molecule has 7 aliphatic rings. The Morgan fingerprint density at radius 1 is 0.980 bits per heavy atom. The number of rotatable bonds is 8. The summed E-state index contributed by atoms with van der Waals surface area (Å²) in [6, 6.07) is 12.7. The van der Waals surface area contributed by atoms with Crippen LogP contribution in [0.2, 0.25) is 18.1 Å². The Morgan fingerprint density at radius 2 is 1.69 bits per heavy atom. The zero-order chi connectivity index (χ0) is 34.8. The Morgan fingerprint density at radius 3 is 2.39 bits per heavy atom. The first-order valence-corrected chi connectivity index (χ1v) is 21.2. The molecule has 5 saturated heterocycles. The summed E-state index contributed by atoms with van der Waals surface area (Å²) in [5.74, 6) is -3.12. The minimum Gasteiger partial charge on any atom is -0.459 e. The first-order chi connectivity index (χ1) is 23.2. The third kappa shape index (κ3) is 4.45. The lowest BCUT2D eigenvalue weighted by Gasteiger charge is -2.52. The van der Waals surface area contributed by atoms with Gasteiger partial charge >= 0.3 is 11.9 Å². The molecule has 266 valence electrons. The highest BCUT2D eigenvalue weighted by atomic mass is 28.4. The van der Waals surface area contributed by atoms with E-state index in [1.807, 2.05) is 51.1 Å². The van der Waals surface area contributed by atoms with Gasteiger partial charge in [-0.05, 0) is 62.4 Å². The number of cyclic esters (lactones) is 1. The number of hydrogen-bond acceptors (Lipinski definition) is 9. The molecule has 11 atom stereocenters. The van der Waals surface area contributed by atoms with Crippen molar-refractivity contribution in [3.63, 3.8) is 0 Å². The maximum atomic E-state index is 14.5. The van der Waals surface area contributed by atoms with E-state index in [9.17, 15) is 14.4 Å². The Hall–Kier alpha value is -2.37. The average molecular weight is 693 g/mol. The minimum absolute atomic E-state index is 0.0985. The van der Waals surface area contributed by atoms with E-state index in [4.69, 9.17) is 28.1 Å². The van der Waals surface area contributed by atoms with Crippen LogP contribution in [0.15, 0.2) is 42.0 Å². The number of carbonyl (C=O) groups is 3. The lowest BCUT2D eigenvalue weighted by molar-refractivity contribution is -0.365. The molecule has 2 bridgehead atoms. The number of allylic oxidation sites excluding steroid dienone is 1. The summed E-state index contributed by atoms with van der Waals surface area (Å²) in [6.07, 6.45) is 2.45. The molecule has 9 nitrogen and oxygen atoms in total. The topological polar surface area (TPSA) is 107 Å². The standard InChI is InChI=1S/C39H52O9Si/c1-8-49(9-2,10-3)48-38-22-37-19-18-36(7)31-29(23(4)32(36)41)30-26(20-28(40)44-30)45-39(31,47-37)33(43-21-24-14-12-11-13-15-24)25(37)16-17-27(38)35(5,6)46-34(38)42/h11-16,23,26-27,29-31,33H,8-10,17-22H2,1-7H3/t23-,26+,27-,29+,30-,31-,33-,36-,37-,38+,39-/m0/s1. The van der Waals surface area contributed by atoms with Crippen molar-refractivity contribution in [2.75, 3.05) is 0 Å². The molecule has 1 saturated carbocycles. The van der Waals surface area contributed by atoms with Crippen molar-refractivity contribution < 1.29 is 42.5 Å². The Balaban J connectivity index is 1.32. The summed E-state index contributed by atoms with van der Waals surface area (Å²) < 4.78 is 41.5. The fourth-order valence-electron chi connectivity index (χ4n) is 11.6. The van der Waals surface area contributed by atoms with Gasteiger partial charge in [0.25, 0.3) is 0 Å². The van der Waals surface area contributed by atoms with E-state index in [2.05, 4.69) is 33.8 Å². The molecule has 8 rings (SSSR count). The van der Waals surface area contributed by atoms with Crippen LogP contribution in [0.3, 0.4) is 0 Å². The molecule has 1 aromatic carbocycles. The summed E-state index contributed by atoms with van der Waals surface area (Å²) in [7, 11) is -2.36. The molecule has 2 aliphatic carbocycles. The van der Waals surface area contributed by atoms with Crippen LogP contribution in [-0.2, 0) is 49.1 Å². The molecule has 0 aromatic heterocycles. The number of fused-ring (bicyclic) bond motifs is 3. The van der Waals surface area contributed by atoms with Gasteiger partial charge in [0.2, 0.25) is 5.79 Å². The minimum atomic E-state index is -2.36. The Bertz CT molecular complexity index is 1580. The van der Waals surface area contributed by atoms with E-state index >= 15 is 0 Å². The maximum Gasteiger partial charge on any atom is 0.338 e. The van der Waals surface area contributed by atoms with Crippen LogP contribution < -0.4 is 0 Å². The van der Waals surface area contributed by atoms with E-state index in [1.54, 1.807) is 0 Å². The van der Waals surface area contributed by atoms with Crippen LogP contribution in [0, 0.1) is 29.1 Å². The van der Waals surface area contributed by atoms with Gasteiger partial charge in [-0.1, -0.05) is 71.0 Å². The second kappa shape index (κ2) is 11.1. The predicted molar refractivity (Wildman–Crippen MR) is 181 cm³/mol. The van der Waals surface area contributed by atoms with E-state index in [1.165, 1.54) is 0 Å². The normalized spacial score (nSPS) is 44.6. The van der Waals surface area contributed by atoms with Crippen molar-refractivity contribution in [2.45, 2.75) is 146 Å². The summed E-state index contributed by atoms with van der Waals surface area (Å²) >= 11 is 0. The molecule has 5 heterocycles. The van der Waals surface area contributed by atoms with Crippen molar-refractivity contribution in [1.29, 1.82) is 0 Å². The van der Waals surface area contributed by atoms with Crippen LogP contribution in [0.1, 0.15) is 86.1 Å². The van der Waals surface area contributed by atoms with Gasteiger partial charge in [-0.15, -0.1) is 0 Å². The molecule has 2 spiro atoms. The van der Waals surface area contributed by atoms with E-state index in [0.717, 1.165) is 29.3 Å². The largest absolute Gasteiger partial charge is 0.459 e. The van der Waals surface area contributed by atoms with Crippen molar-refractivity contribution in [2.24, 2.45) is 29.1 Å². The lowest BCUT2D eigenvalue weighted by Crippen LogP contribution is -2.64. The van der Waals surface area contributed by atoms with Gasteiger partial charge in [0.05, 0.1) is 18.6 Å². The maximum absolute atomic E-state index is 14.5. The molecule has 6 fully saturated rings. The SMILES string of the molecule is CC[Si](CC)(CC)O[C@]12C[C@]34CC[C@]5(C)C(=O)[C@@H](C)[C@@H]6[C@H]7OC(=O)C[C@H]7O[C@](O3)([C@@H]65)[C@@H](OCc3ccccc3)C4=CC[C@H]1C(C)(C)OC2=O.